The zero-order valence-corrected chi connectivity index (χ0v) is 17.2. The molecule has 154 valence electrons. The summed E-state index contributed by atoms with van der Waals surface area (Å²) < 4.78 is 16.3. The first kappa shape index (κ1) is 19.6. The molecule has 7 nitrogen and oxygen atoms in total. The minimum atomic E-state index is -0.471. The first-order valence-corrected chi connectivity index (χ1v) is 9.58. The summed E-state index contributed by atoms with van der Waals surface area (Å²) >= 11 is 0. The Morgan fingerprint density at radius 1 is 1.10 bits per heavy atom. The molecule has 0 unspecified atom stereocenters. The maximum Gasteiger partial charge on any atom is 0.339 e. The number of aromatic nitrogens is 1. The number of anilines is 1. The van der Waals surface area contributed by atoms with E-state index < -0.39 is 5.97 Å². The van der Waals surface area contributed by atoms with Crippen molar-refractivity contribution in [1.82, 2.24) is 4.98 Å². The lowest BCUT2D eigenvalue weighted by atomic mass is 10.1. The number of amides is 1. The second-order valence-corrected chi connectivity index (χ2v) is 6.92. The fraction of sp³-hybridized carbons (Fsp3) is 0.217. The van der Waals surface area contributed by atoms with Gasteiger partial charge in [0.2, 0.25) is 0 Å². The van der Waals surface area contributed by atoms with Crippen molar-refractivity contribution in [3.8, 4) is 5.75 Å². The van der Waals surface area contributed by atoms with Crippen LogP contribution in [0.3, 0.4) is 0 Å². The number of esters is 1. The molecule has 4 aromatic rings. The Labute approximate surface area is 173 Å². The Balaban J connectivity index is 1.75. The van der Waals surface area contributed by atoms with Gasteiger partial charge in [0.1, 0.15) is 22.6 Å². The predicted molar refractivity (Wildman–Crippen MR) is 114 cm³/mol. The molecule has 2 aromatic heterocycles. The molecule has 0 spiro atoms. The Kier molecular flexibility index (Phi) is 4.95. The number of H-pyrrole nitrogens is 1. The van der Waals surface area contributed by atoms with E-state index in [9.17, 15) is 9.59 Å². The lowest BCUT2D eigenvalue weighted by Crippen LogP contribution is -2.14. The molecule has 0 aliphatic rings. The number of nitrogens with one attached hydrogen (secondary N) is 2. The van der Waals surface area contributed by atoms with Crippen molar-refractivity contribution < 1.29 is 23.5 Å². The standard InChI is InChI=1S/C23H22N2O5/c1-5-15-20(23(27)29-4)12(2)21(24-15)22(26)25-16-11-18-14(10-19(16)28-3)13-8-6-7-9-17(13)30-18/h6-11,24H,5H2,1-4H3,(H,25,26). The van der Waals surface area contributed by atoms with Crippen molar-refractivity contribution in [3.63, 3.8) is 0 Å². The normalized spacial score (nSPS) is 11.1. The second kappa shape index (κ2) is 7.59. The van der Waals surface area contributed by atoms with Crippen LogP contribution < -0.4 is 10.1 Å². The van der Waals surface area contributed by atoms with Gasteiger partial charge in [-0.05, 0) is 31.0 Å². The fourth-order valence-corrected chi connectivity index (χ4v) is 3.73. The monoisotopic (exact) mass is 406 g/mol. The van der Waals surface area contributed by atoms with Gasteiger partial charge in [-0.1, -0.05) is 25.1 Å². The highest BCUT2D eigenvalue weighted by atomic mass is 16.5. The number of benzene rings is 2. The highest BCUT2D eigenvalue weighted by Crippen LogP contribution is 2.36. The van der Waals surface area contributed by atoms with E-state index in [-0.39, 0.29) is 5.91 Å². The molecular formula is C23H22N2O5. The van der Waals surface area contributed by atoms with E-state index in [1.807, 2.05) is 37.3 Å². The molecule has 2 N–H and O–H groups in total. The van der Waals surface area contributed by atoms with E-state index in [0.717, 1.165) is 16.4 Å². The minimum Gasteiger partial charge on any atom is -0.495 e. The molecule has 2 heterocycles. The SMILES string of the molecule is CCc1[nH]c(C(=O)Nc2cc3oc4ccccc4c3cc2OC)c(C)c1C(=O)OC. The average molecular weight is 406 g/mol. The molecule has 0 saturated carbocycles. The Bertz CT molecular complexity index is 1280. The highest BCUT2D eigenvalue weighted by Gasteiger charge is 2.24. The third-order valence-corrected chi connectivity index (χ3v) is 5.24. The van der Waals surface area contributed by atoms with Crippen molar-refractivity contribution in [2.45, 2.75) is 20.3 Å². The molecule has 2 aromatic carbocycles. The molecule has 0 aliphatic carbocycles. The lowest BCUT2D eigenvalue weighted by molar-refractivity contribution is 0.0599. The van der Waals surface area contributed by atoms with E-state index >= 15 is 0 Å². The minimum absolute atomic E-state index is 0.305. The number of carbonyl (C=O) groups is 2. The van der Waals surface area contributed by atoms with Crippen LogP contribution in [0.2, 0.25) is 0 Å². The van der Waals surface area contributed by atoms with Gasteiger partial charge < -0.3 is 24.2 Å². The predicted octanol–water partition coefficient (Wildman–Crippen LogP) is 4.83. The number of hydrogen-bond donors (Lipinski definition) is 2. The first-order chi connectivity index (χ1) is 14.5. The van der Waals surface area contributed by atoms with Gasteiger partial charge >= 0.3 is 5.97 Å². The molecule has 4 rings (SSSR count). The highest BCUT2D eigenvalue weighted by molar-refractivity contribution is 6.10. The smallest absolute Gasteiger partial charge is 0.339 e. The topological polar surface area (TPSA) is 93.6 Å². The summed E-state index contributed by atoms with van der Waals surface area (Å²) in [4.78, 5) is 28.2. The van der Waals surface area contributed by atoms with Crippen molar-refractivity contribution in [3.05, 3.63) is 58.9 Å². The molecule has 30 heavy (non-hydrogen) atoms. The first-order valence-electron chi connectivity index (χ1n) is 9.58. The van der Waals surface area contributed by atoms with Crippen LogP contribution in [0, 0.1) is 6.92 Å². The van der Waals surface area contributed by atoms with Crippen molar-refractivity contribution in [1.29, 1.82) is 0 Å². The molecule has 7 heteroatoms. The van der Waals surface area contributed by atoms with Crippen molar-refractivity contribution in [2.24, 2.45) is 0 Å². The van der Waals surface area contributed by atoms with Gasteiger partial charge in [0.25, 0.3) is 5.91 Å². The Morgan fingerprint density at radius 3 is 2.57 bits per heavy atom. The van der Waals surface area contributed by atoms with Gasteiger partial charge in [-0.15, -0.1) is 0 Å². The number of para-hydroxylation sites is 1. The zero-order chi connectivity index (χ0) is 21.4. The number of aromatic amines is 1. The molecule has 0 fully saturated rings. The summed E-state index contributed by atoms with van der Waals surface area (Å²) in [6, 6.07) is 11.3. The number of methoxy groups -OCH3 is 2. The largest absolute Gasteiger partial charge is 0.495 e. The summed E-state index contributed by atoms with van der Waals surface area (Å²) in [7, 11) is 2.87. The number of fused-ring (bicyclic) bond motifs is 3. The van der Waals surface area contributed by atoms with Crippen LogP contribution in [0.15, 0.2) is 40.8 Å². The molecule has 0 saturated heterocycles. The molecule has 0 radical (unpaired) electrons. The third-order valence-electron chi connectivity index (χ3n) is 5.24. The number of aryl methyl sites for hydroxylation is 1. The summed E-state index contributed by atoms with van der Waals surface area (Å²) in [6.45, 7) is 3.62. The molecule has 1 amide bonds. The summed E-state index contributed by atoms with van der Waals surface area (Å²) in [5.74, 6) is -0.345. The van der Waals surface area contributed by atoms with E-state index in [2.05, 4.69) is 10.3 Å². The lowest BCUT2D eigenvalue weighted by Gasteiger charge is -2.10. The van der Waals surface area contributed by atoms with E-state index in [1.54, 1.807) is 20.1 Å². The maximum atomic E-state index is 13.0. The van der Waals surface area contributed by atoms with E-state index in [1.165, 1.54) is 7.11 Å². The van der Waals surface area contributed by atoms with Gasteiger partial charge in [0.15, 0.2) is 0 Å². The summed E-state index contributed by atoms with van der Waals surface area (Å²) in [5.41, 5.74) is 3.77. The number of furan rings is 1. The van der Waals surface area contributed by atoms with Crippen LogP contribution in [0.5, 0.6) is 5.75 Å². The van der Waals surface area contributed by atoms with Crippen LogP contribution in [-0.2, 0) is 11.2 Å². The number of rotatable bonds is 5. The summed E-state index contributed by atoms with van der Waals surface area (Å²) in [6.07, 6.45) is 0.562. The number of carbonyl (C=O) groups excluding carboxylic acids is 2. The van der Waals surface area contributed by atoms with Gasteiger partial charge in [0, 0.05) is 22.5 Å². The van der Waals surface area contributed by atoms with Crippen molar-refractivity contribution >= 4 is 39.5 Å². The molecule has 0 aliphatic heterocycles. The van der Waals surface area contributed by atoms with Gasteiger partial charge in [-0.2, -0.15) is 0 Å². The van der Waals surface area contributed by atoms with Crippen LogP contribution in [0.25, 0.3) is 21.9 Å². The van der Waals surface area contributed by atoms with Crippen LogP contribution >= 0.6 is 0 Å². The summed E-state index contributed by atoms with van der Waals surface area (Å²) in [5, 5.41) is 4.74. The maximum absolute atomic E-state index is 13.0. The van der Waals surface area contributed by atoms with Gasteiger partial charge in [-0.25, -0.2) is 4.79 Å². The number of ether oxygens (including phenoxy) is 2. The number of hydrogen-bond acceptors (Lipinski definition) is 5. The van der Waals surface area contributed by atoms with Crippen molar-refractivity contribution in [2.75, 3.05) is 19.5 Å². The molecule has 0 atom stereocenters. The quantitative estimate of drug-likeness (QED) is 0.463. The Morgan fingerprint density at radius 2 is 1.87 bits per heavy atom. The molecule has 0 bridgehead atoms. The average Bonchev–Trinajstić information content (AvgIpc) is 3.29. The third kappa shape index (κ3) is 3.08. The fourth-order valence-electron chi connectivity index (χ4n) is 3.73. The van der Waals surface area contributed by atoms with E-state index in [4.69, 9.17) is 13.9 Å². The van der Waals surface area contributed by atoms with E-state index in [0.29, 0.717) is 46.0 Å². The Hall–Kier alpha value is -3.74. The van der Waals surface area contributed by atoms with Gasteiger partial charge in [0.05, 0.1) is 25.5 Å². The van der Waals surface area contributed by atoms with Gasteiger partial charge in [-0.3, -0.25) is 4.79 Å². The second-order valence-electron chi connectivity index (χ2n) is 6.92. The molecular weight excluding hydrogens is 384 g/mol. The zero-order valence-electron chi connectivity index (χ0n) is 17.2. The van der Waals surface area contributed by atoms with Crippen LogP contribution in [-0.4, -0.2) is 31.1 Å². The van der Waals surface area contributed by atoms with Crippen LogP contribution in [0.4, 0.5) is 5.69 Å². The van der Waals surface area contributed by atoms with Crippen LogP contribution in [0.1, 0.15) is 39.0 Å².